The Balaban J connectivity index is 2.03. The lowest BCUT2D eigenvalue weighted by Crippen LogP contribution is -2.22. The van der Waals surface area contributed by atoms with E-state index in [1.54, 1.807) is 0 Å². The largest absolute Gasteiger partial charge is 0.338 e. The third-order valence-electron chi connectivity index (χ3n) is 4.99. The number of hydrogen-bond acceptors (Lipinski definition) is 3. The van der Waals surface area contributed by atoms with Gasteiger partial charge in [0.05, 0.1) is 11.9 Å². The Kier molecular flexibility index (Phi) is 3.50. The highest BCUT2D eigenvalue weighted by Crippen LogP contribution is 2.43. The van der Waals surface area contributed by atoms with Crippen molar-refractivity contribution in [1.82, 2.24) is 14.6 Å². The molecule has 0 bridgehead atoms. The van der Waals surface area contributed by atoms with Gasteiger partial charge in [-0.2, -0.15) is 14.9 Å². The second-order valence-electron chi connectivity index (χ2n) is 7.15. The van der Waals surface area contributed by atoms with E-state index in [0.29, 0.717) is 22.7 Å². The molecule has 0 amide bonds. The monoisotopic (exact) mass is 332 g/mol. The fraction of sp³-hybridized carbons (Fsp3) is 0.350. The second kappa shape index (κ2) is 5.59. The van der Waals surface area contributed by atoms with Crippen molar-refractivity contribution in [3.8, 4) is 17.3 Å². The molecule has 0 radical (unpaired) electrons. The van der Waals surface area contributed by atoms with E-state index in [-0.39, 0.29) is 11.5 Å². The highest BCUT2D eigenvalue weighted by atomic mass is 16.1. The van der Waals surface area contributed by atoms with Crippen LogP contribution in [0.5, 0.6) is 0 Å². The van der Waals surface area contributed by atoms with Crippen LogP contribution in [0.4, 0.5) is 0 Å². The van der Waals surface area contributed by atoms with E-state index < -0.39 is 0 Å². The molecule has 3 aromatic rings. The van der Waals surface area contributed by atoms with Crippen molar-refractivity contribution in [2.75, 3.05) is 0 Å². The van der Waals surface area contributed by atoms with Gasteiger partial charge in [-0.15, -0.1) is 0 Å². The molecule has 0 spiro atoms. The highest BCUT2D eigenvalue weighted by Gasteiger charge is 2.26. The van der Waals surface area contributed by atoms with Gasteiger partial charge in [-0.05, 0) is 54.4 Å². The summed E-state index contributed by atoms with van der Waals surface area (Å²) in [7, 11) is 0. The molecule has 1 aliphatic carbocycles. The predicted molar refractivity (Wildman–Crippen MR) is 96.8 cm³/mol. The molecular weight excluding hydrogens is 312 g/mol. The summed E-state index contributed by atoms with van der Waals surface area (Å²) in [5, 5.41) is 13.4. The quantitative estimate of drug-likeness (QED) is 0.791. The first kappa shape index (κ1) is 15.6. The van der Waals surface area contributed by atoms with Crippen LogP contribution in [0.1, 0.15) is 60.8 Å². The molecule has 5 heteroatoms. The summed E-state index contributed by atoms with van der Waals surface area (Å²) in [4.78, 5) is 16.3. The zero-order valence-electron chi connectivity index (χ0n) is 14.6. The van der Waals surface area contributed by atoms with Crippen molar-refractivity contribution in [2.45, 2.75) is 45.4 Å². The third kappa shape index (κ3) is 2.45. The van der Waals surface area contributed by atoms with Crippen molar-refractivity contribution in [1.29, 1.82) is 5.26 Å². The molecule has 0 unspecified atom stereocenters. The van der Waals surface area contributed by atoms with Crippen LogP contribution in [-0.4, -0.2) is 14.6 Å². The van der Waals surface area contributed by atoms with Crippen LogP contribution in [0, 0.1) is 18.3 Å². The molecule has 0 aliphatic heterocycles. The molecule has 5 nitrogen and oxygen atoms in total. The van der Waals surface area contributed by atoms with Crippen LogP contribution in [-0.2, 0) is 0 Å². The smallest absolute Gasteiger partial charge is 0.278 e. The van der Waals surface area contributed by atoms with Gasteiger partial charge in [-0.1, -0.05) is 26.0 Å². The second-order valence-corrected chi connectivity index (χ2v) is 7.15. The number of nitriles is 1. The molecule has 2 heterocycles. The average Bonchev–Trinajstić information content (AvgIpc) is 3.34. The maximum Gasteiger partial charge on any atom is 0.278 e. The number of fused-ring (bicyclic) bond motifs is 1. The predicted octanol–water partition coefficient (Wildman–Crippen LogP) is 3.87. The minimum absolute atomic E-state index is 0.0450. The number of benzene rings is 1. The summed E-state index contributed by atoms with van der Waals surface area (Å²) in [6.45, 7) is 6.15. The van der Waals surface area contributed by atoms with E-state index in [1.165, 1.54) is 34.7 Å². The molecular formula is C20H20N4O. The fourth-order valence-electron chi connectivity index (χ4n) is 3.50. The Hall–Kier alpha value is -2.87. The van der Waals surface area contributed by atoms with Gasteiger partial charge in [0.25, 0.3) is 5.56 Å². The minimum atomic E-state index is -0.159. The summed E-state index contributed by atoms with van der Waals surface area (Å²) in [5.74, 6) is 0.686. The van der Waals surface area contributed by atoms with Gasteiger partial charge in [-0.3, -0.25) is 4.79 Å². The molecule has 25 heavy (non-hydrogen) atoms. The van der Waals surface area contributed by atoms with Gasteiger partial charge in [-0.25, -0.2) is 0 Å². The van der Waals surface area contributed by atoms with Gasteiger partial charge in [0.15, 0.2) is 5.65 Å². The van der Waals surface area contributed by atoms with Crippen molar-refractivity contribution in [3.63, 3.8) is 0 Å². The van der Waals surface area contributed by atoms with Crippen LogP contribution < -0.4 is 5.56 Å². The lowest BCUT2D eigenvalue weighted by molar-refractivity contribution is 0.797. The molecule has 1 aliphatic rings. The van der Waals surface area contributed by atoms with E-state index in [0.717, 1.165) is 11.3 Å². The number of aryl methyl sites for hydroxylation is 1. The number of hydrogen-bond donors (Lipinski definition) is 1. The normalized spacial score (nSPS) is 14.2. The van der Waals surface area contributed by atoms with E-state index in [4.69, 9.17) is 0 Å². The van der Waals surface area contributed by atoms with Gasteiger partial charge >= 0.3 is 0 Å². The molecule has 1 aromatic carbocycles. The van der Waals surface area contributed by atoms with Crippen molar-refractivity contribution in [2.24, 2.45) is 0 Å². The molecule has 2 aromatic heterocycles. The zero-order chi connectivity index (χ0) is 17.7. The first-order chi connectivity index (χ1) is 12.0. The Morgan fingerprint density at radius 2 is 2.12 bits per heavy atom. The van der Waals surface area contributed by atoms with E-state index in [1.807, 2.05) is 13.8 Å². The molecule has 1 fully saturated rings. The van der Waals surface area contributed by atoms with Gasteiger partial charge in [0.2, 0.25) is 0 Å². The van der Waals surface area contributed by atoms with E-state index >= 15 is 0 Å². The maximum atomic E-state index is 13.0. The topological polar surface area (TPSA) is 73.9 Å². The molecule has 1 saturated carbocycles. The molecule has 126 valence electrons. The summed E-state index contributed by atoms with van der Waals surface area (Å²) in [6.07, 6.45) is 3.90. The van der Waals surface area contributed by atoms with Gasteiger partial charge in [0.1, 0.15) is 11.6 Å². The first-order valence-corrected chi connectivity index (χ1v) is 8.66. The first-order valence-electron chi connectivity index (χ1n) is 8.66. The number of aromatic nitrogens is 3. The van der Waals surface area contributed by atoms with Crippen LogP contribution in [0.25, 0.3) is 16.9 Å². The van der Waals surface area contributed by atoms with Crippen molar-refractivity contribution >= 4 is 5.65 Å². The van der Waals surface area contributed by atoms with Gasteiger partial charge in [0, 0.05) is 5.56 Å². The Labute approximate surface area is 145 Å². The average molecular weight is 332 g/mol. The van der Waals surface area contributed by atoms with Crippen LogP contribution in [0.2, 0.25) is 0 Å². The van der Waals surface area contributed by atoms with E-state index in [2.05, 4.69) is 41.3 Å². The van der Waals surface area contributed by atoms with Crippen molar-refractivity contribution in [3.05, 3.63) is 57.0 Å². The Bertz CT molecular complexity index is 1080. The highest BCUT2D eigenvalue weighted by molar-refractivity contribution is 5.69. The van der Waals surface area contributed by atoms with E-state index in [9.17, 15) is 10.1 Å². The van der Waals surface area contributed by atoms with Crippen LogP contribution >= 0.6 is 0 Å². The number of nitrogens with zero attached hydrogens (tertiary/aromatic N) is 3. The lowest BCUT2D eigenvalue weighted by Gasteiger charge is -2.15. The minimum Gasteiger partial charge on any atom is -0.338 e. The number of aromatic amines is 1. The summed E-state index contributed by atoms with van der Waals surface area (Å²) in [6, 6.07) is 8.47. The van der Waals surface area contributed by atoms with Gasteiger partial charge < -0.3 is 4.98 Å². The molecule has 1 N–H and O–H groups in total. The van der Waals surface area contributed by atoms with Crippen LogP contribution in [0.15, 0.2) is 29.2 Å². The Morgan fingerprint density at radius 3 is 2.76 bits per heavy atom. The number of rotatable bonds is 3. The van der Waals surface area contributed by atoms with Crippen LogP contribution in [0.3, 0.4) is 0 Å². The number of H-pyrrole nitrogens is 1. The molecule has 4 rings (SSSR count). The maximum absolute atomic E-state index is 13.0. The summed E-state index contributed by atoms with van der Waals surface area (Å²) in [5.41, 5.74) is 5.83. The summed E-state index contributed by atoms with van der Waals surface area (Å²) >= 11 is 0. The fourth-order valence-corrected chi connectivity index (χ4v) is 3.50. The summed E-state index contributed by atoms with van der Waals surface area (Å²) < 4.78 is 1.30. The standard InChI is InChI=1S/C20H20N4O/c1-11(2)17-18(14-5-4-12(3)16(8-14)13-6-7-13)23-19-15(9-21)10-22-24(19)20(17)25/h4-5,8,10-11,13,23H,6-7H2,1-3H3. The zero-order valence-corrected chi connectivity index (χ0v) is 14.6. The molecule has 0 saturated heterocycles. The Morgan fingerprint density at radius 1 is 1.36 bits per heavy atom. The third-order valence-corrected chi connectivity index (χ3v) is 4.99. The SMILES string of the molecule is Cc1ccc(-c2[nH]c3c(C#N)cnn3c(=O)c2C(C)C)cc1C1CC1. The molecule has 0 atom stereocenters. The number of nitrogens with one attached hydrogen (secondary N) is 1. The van der Waals surface area contributed by atoms with Crippen molar-refractivity contribution < 1.29 is 0 Å². The lowest BCUT2D eigenvalue weighted by atomic mass is 9.94.